The van der Waals surface area contributed by atoms with Crippen molar-refractivity contribution >= 4 is 56.9 Å². The lowest BCUT2D eigenvalue weighted by atomic mass is 10.1. The number of likely N-dealkylation sites (N-methyl/N-ethyl adjacent to an activating group) is 1. The molecule has 3 aromatic carbocycles. The van der Waals surface area contributed by atoms with Gasteiger partial charge >= 0.3 is 5.97 Å². The number of carboxylic acids is 1. The molecular formula is C25H25N3O6S2. The highest BCUT2D eigenvalue weighted by Crippen LogP contribution is 2.31. The van der Waals surface area contributed by atoms with Gasteiger partial charge in [-0.1, -0.05) is 30.3 Å². The van der Waals surface area contributed by atoms with Crippen molar-refractivity contribution in [1.82, 2.24) is 9.21 Å². The van der Waals surface area contributed by atoms with Crippen LogP contribution < -0.4 is 5.32 Å². The molecule has 0 unspecified atom stereocenters. The second-order valence-corrected chi connectivity index (χ2v) is 11.2. The lowest BCUT2D eigenvalue weighted by molar-refractivity contribution is -0.136. The number of thiol groups is 1. The van der Waals surface area contributed by atoms with E-state index in [0.29, 0.717) is 5.69 Å². The van der Waals surface area contributed by atoms with Gasteiger partial charge in [-0.15, -0.1) is 0 Å². The number of carbonyl (C=O) groups excluding carboxylic acids is 2. The number of sulfonamides is 1. The summed E-state index contributed by atoms with van der Waals surface area (Å²) >= 11 is 4.44. The summed E-state index contributed by atoms with van der Waals surface area (Å²) in [6.45, 7) is -0.234. The number of benzene rings is 3. The van der Waals surface area contributed by atoms with E-state index in [4.69, 9.17) is 5.11 Å². The predicted molar refractivity (Wildman–Crippen MR) is 139 cm³/mol. The van der Waals surface area contributed by atoms with Crippen molar-refractivity contribution < 1.29 is 27.9 Å². The Morgan fingerprint density at radius 3 is 2.39 bits per heavy atom. The molecule has 2 N–H and O–H groups in total. The number of amides is 2. The minimum atomic E-state index is -3.99. The SMILES string of the molecule is CN(CC(=O)Nc1ccc(C(=O)O)cc1)C(=O)[C@@H]1C[C@H](S)CN1S(=O)(=O)c1ccc2ccccc2c1. The number of aromatic carboxylic acids is 1. The monoisotopic (exact) mass is 527 g/mol. The van der Waals surface area contributed by atoms with Crippen LogP contribution in [0.3, 0.4) is 0 Å². The van der Waals surface area contributed by atoms with E-state index >= 15 is 0 Å². The molecule has 0 aromatic heterocycles. The zero-order valence-electron chi connectivity index (χ0n) is 19.4. The predicted octanol–water partition coefficient (Wildman–Crippen LogP) is 2.70. The summed E-state index contributed by atoms with van der Waals surface area (Å²) in [5.74, 6) is -2.09. The van der Waals surface area contributed by atoms with Crippen molar-refractivity contribution in [2.75, 3.05) is 25.5 Å². The first-order valence-corrected chi connectivity index (χ1v) is 13.1. The third-order valence-corrected chi connectivity index (χ3v) is 8.26. The smallest absolute Gasteiger partial charge is 0.335 e. The van der Waals surface area contributed by atoms with Crippen LogP contribution in [0.2, 0.25) is 0 Å². The van der Waals surface area contributed by atoms with Gasteiger partial charge in [-0.3, -0.25) is 9.59 Å². The fourth-order valence-corrected chi connectivity index (χ4v) is 6.34. The molecule has 0 bridgehead atoms. The minimum absolute atomic E-state index is 0.0740. The molecule has 4 rings (SSSR count). The second kappa shape index (κ2) is 10.3. The van der Waals surface area contributed by atoms with E-state index in [1.54, 1.807) is 12.1 Å². The zero-order valence-corrected chi connectivity index (χ0v) is 21.1. The summed E-state index contributed by atoms with van der Waals surface area (Å²) < 4.78 is 28.2. The Labute approximate surface area is 214 Å². The van der Waals surface area contributed by atoms with Crippen LogP contribution in [-0.4, -0.2) is 71.9 Å². The fraction of sp³-hybridized carbons (Fsp3) is 0.240. The second-order valence-electron chi connectivity index (χ2n) is 8.61. The van der Waals surface area contributed by atoms with Crippen molar-refractivity contribution in [3.8, 4) is 0 Å². The molecular weight excluding hydrogens is 502 g/mol. The van der Waals surface area contributed by atoms with Gasteiger partial charge in [0, 0.05) is 24.5 Å². The van der Waals surface area contributed by atoms with Gasteiger partial charge in [-0.25, -0.2) is 13.2 Å². The highest BCUT2D eigenvalue weighted by molar-refractivity contribution is 7.89. The largest absolute Gasteiger partial charge is 0.478 e. The Morgan fingerprint density at radius 2 is 1.72 bits per heavy atom. The summed E-state index contributed by atoms with van der Waals surface area (Å²) in [6.07, 6.45) is 0.220. The van der Waals surface area contributed by atoms with Gasteiger partial charge in [0.25, 0.3) is 0 Å². The molecule has 188 valence electrons. The first-order chi connectivity index (χ1) is 17.1. The summed E-state index contributed by atoms with van der Waals surface area (Å²) in [7, 11) is -2.56. The molecule has 1 heterocycles. The molecule has 3 aromatic rings. The van der Waals surface area contributed by atoms with Gasteiger partial charge in [-0.05, 0) is 53.6 Å². The van der Waals surface area contributed by atoms with Crippen LogP contribution in [0.1, 0.15) is 16.8 Å². The summed E-state index contributed by atoms with van der Waals surface area (Å²) in [4.78, 5) is 38.0. The van der Waals surface area contributed by atoms with Crippen LogP contribution in [0.15, 0.2) is 71.6 Å². The maximum Gasteiger partial charge on any atom is 0.335 e. The number of carbonyl (C=O) groups is 3. The van der Waals surface area contributed by atoms with Gasteiger partial charge in [0.15, 0.2) is 0 Å². The molecule has 11 heteroatoms. The van der Waals surface area contributed by atoms with Crippen molar-refractivity contribution in [2.24, 2.45) is 0 Å². The highest BCUT2D eigenvalue weighted by atomic mass is 32.2. The average molecular weight is 528 g/mol. The first-order valence-electron chi connectivity index (χ1n) is 11.1. The fourth-order valence-electron chi connectivity index (χ4n) is 4.18. The molecule has 1 aliphatic rings. The van der Waals surface area contributed by atoms with Gasteiger partial charge in [-0.2, -0.15) is 16.9 Å². The lowest BCUT2D eigenvalue weighted by Crippen LogP contribution is -2.48. The molecule has 0 radical (unpaired) electrons. The normalized spacial score (nSPS) is 18.2. The van der Waals surface area contributed by atoms with E-state index in [1.807, 2.05) is 24.3 Å². The van der Waals surface area contributed by atoms with Gasteiger partial charge in [0.05, 0.1) is 17.0 Å². The Bertz CT molecular complexity index is 1430. The van der Waals surface area contributed by atoms with Crippen molar-refractivity contribution in [1.29, 1.82) is 0 Å². The van der Waals surface area contributed by atoms with E-state index in [0.717, 1.165) is 15.1 Å². The maximum absolute atomic E-state index is 13.5. The van der Waals surface area contributed by atoms with E-state index in [-0.39, 0.29) is 35.2 Å². The molecule has 36 heavy (non-hydrogen) atoms. The number of hydrogen-bond acceptors (Lipinski definition) is 6. The molecule has 2 atom stereocenters. The van der Waals surface area contributed by atoms with E-state index in [2.05, 4.69) is 17.9 Å². The Kier molecular flexibility index (Phi) is 7.34. The van der Waals surface area contributed by atoms with E-state index < -0.39 is 33.8 Å². The molecule has 0 aliphatic carbocycles. The number of fused-ring (bicyclic) bond motifs is 1. The van der Waals surface area contributed by atoms with Crippen molar-refractivity contribution in [2.45, 2.75) is 22.6 Å². The quantitative estimate of drug-likeness (QED) is 0.406. The summed E-state index contributed by atoms with van der Waals surface area (Å²) in [6, 6.07) is 16.9. The van der Waals surface area contributed by atoms with Crippen LogP contribution >= 0.6 is 12.6 Å². The van der Waals surface area contributed by atoms with Gasteiger partial charge < -0.3 is 15.3 Å². The van der Waals surface area contributed by atoms with E-state index in [9.17, 15) is 22.8 Å². The molecule has 1 saturated heterocycles. The number of rotatable bonds is 7. The third-order valence-electron chi connectivity index (χ3n) is 6.02. The molecule has 9 nitrogen and oxygen atoms in total. The molecule has 1 fully saturated rings. The van der Waals surface area contributed by atoms with Crippen LogP contribution in [0.5, 0.6) is 0 Å². The van der Waals surface area contributed by atoms with Crippen molar-refractivity contribution in [3.05, 3.63) is 72.3 Å². The standard InChI is InChI=1S/C25H25N3O6S2/c1-27(15-23(29)26-19-9-6-17(7-10-19)25(31)32)24(30)22-13-20(35)14-28(22)36(33,34)21-11-8-16-4-2-3-5-18(16)12-21/h2-12,20,22,35H,13-15H2,1H3,(H,26,29)(H,31,32)/t20-,22-/m0/s1. The Balaban J connectivity index is 1.47. The molecule has 0 spiro atoms. The summed E-state index contributed by atoms with van der Waals surface area (Å²) in [5.41, 5.74) is 0.457. The van der Waals surface area contributed by atoms with Crippen LogP contribution in [-0.2, 0) is 19.6 Å². The average Bonchev–Trinajstić information content (AvgIpc) is 3.25. The number of anilines is 1. The van der Waals surface area contributed by atoms with Crippen LogP contribution in [0.25, 0.3) is 10.8 Å². The first kappa shape index (κ1) is 25.7. The minimum Gasteiger partial charge on any atom is -0.478 e. The molecule has 0 saturated carbocycles. The number of carboxylic acid groups (broad SMARTS) is 1. The van der Waals surface area contributed by atoms with Crippen molar-refractivity contribution in [3.63, 3.8) is 0 Å². The van der Waals surface area contributed by atoms with Crippen LogP contribution in [0.4, 0.5) is 5.69 Å². The third kappa shape index (κ3) is 5.38. The van der Waals surface area contributed by atoms with Crippen LogP contribution in [0, 0.1) is 0 Å². The maximum atomic E-state index is 13.5. The van der Waals surface area contributed by atoms with Gasteiger partial charge in [0.1, 0.15) is 6.04 Å². The summed E-state index contributed by atoms with van der Waals surface area (Å²) in [5, 5.41) is 12.9. The Morgan fingerprint density at radius 1 is 1.06 bits per heavy atom. The number of hydrogen-bond donors (Lipinski definition) is 3. The number of nitrogens with zero attached hydrogens (tertiary/aromatic N) is 2. The Hall–Kier alpha value is -3.41. The number of nitrogens with one attached hydrogen (secondary N) is 1. The highest BCUT2D eigenvalue weighted by Gasteiger charge is 2.44. The molecule has 1 aliphatic heterocycles. The zero-order chi connectivity index (χ0) is 26.0. The van der Waals surface area contributed by atoms with E-state index in [1.165, 1.54) is 42.3 Å². The molecule has 2 amide bonds. The lowest BCUT2D eigenvalue weighted by Gasteiger charge is -2.27. The van der Waals surface area contributed by atoms with Gasteiger partial charge in [0.2, 0.25) is 21.8 Å². The topological polar surface area (TPSA) is 124 Å².